The van der Waals surface area contributed by atoms with E-state index in [1.165, 1.54) is 7.11 Å². The molecule has 1 atom stereocenters. The number of hydrogen-bond acceptors (Lipinski definition) is 4. The fraction of sp³-hybridized carbons (Fsp3) is 0.400. The smallest absolute Gasteiger partial charge is 0.337 e. The molecule has 1 unspecified atom stereocenters. The van der Waals surface area contributed by atoms with E-state index < -0.39 is 0 Å². The number of benzene rings is 1. The number of ether oxygens (including phenoxy) is 1. The molecule has 1 N–H and O–H groups in total. The molecule has 0 amide bonds. The molecule has 0 saturated heterocycles. The molecule has 2 aromatic rings. The number of methoxy groups -OCH3 is 1. The van der Waals surface area contributed by atoms with Crippen molar-refractivity contribution in [2.75, 3.05) is 13.7 Å². The van der Waals surface area contributed by atoms with Crippen LogP contribution in [0.2, 0.25) is 0 Å². The lowest BCUT2D eigenvalue weighted by atomic mass is 9.99. The van der Waals surface area contributed by atoms with Crippen molar-refractivity contribution in [2.24, 2.45) is 0 Å². The Hall–Kier alpha value is -1.81. The maximum Gasteiger partial charge on any atom is 0.337 e. The second-order valence-corrected chi connectivity index (χ2v) is 4.51. The van der Waals surface area contributed by atoms with Gasteiger partial charge in [-0.2, -0.15) is 0 Å². The predicted molar refractivity (Wildman–Crippen MR) is 72.3 cm³/mol. The van der Waals surface area contributed by atoms with Crippen LogP contribution in [0.3, 0.4) is 0 Å². The van der Waals surface area contributed by atoms with Crippen molar-refractivity contribution in [3.8, 4) is 0 Å². The first-order valence-electron chi connectivity index (χ1n) is 6.42. The van der Waals surface area contributed by atoms with E-state index in [2.05, 4.69) is 6.92 Å². The van der Waals surface area contributed by atoms with E-state index in [1.54, 1.807) is 18.2 Å². The molecule has 0 aliphatic carbocycles. The van der Waals surface area contributed by atoms with E-state index in [0.29, 0.717) is 12.0 Å². The fourth-order valence-electron chi connectivity index (χ4n) is 2.21. The second kappa shape index (κ2) is 5.89. The number of fused-ring (bicyclic) bond motifs is 1. The van der Waals surface area contributed by atoms with E-state index in [0.717, 1.165) is 23.2 Å². The Bertz CT molecular complexity index is 571. The monoisotopic (exact) mass is 262 g/mol. The number of hydrogen-bond donors (Lipinski definition) is 1. The molecule has 19 heavy (non-hydrogen) atoms. The van der Waals surface area contributed by atoms with Crippen LogP contribution in [-0.2, 0) is 4.74 Å². The number of furan rings is 1. The van der Waals surface area contributed by atoms with Gasteiger partial charge in [0, 0.05) is 17.9 Å². The molecular weight excluding hydrogens is 244 g/mol. The third kappa shape index (κ3) is 2.79. The van der Waals surface area contributed by atoms with E-state index in [1.807, 2.05) is 6.07 Å². The summed E-state index contributed by atoms with van der Waals surface area (Å²) in [5.74, 6) is 0.708. The van der Waals surface area contributed by atoms with Crippen molar-refractivity contribution in [3.05, 3.63) is 35.6 Å². The Kier molecular flexibility index (Phi) is 4.22. The quantitative estimate of drug-likeness (QED) is 0.841. The van der Waals surface area contributed by atoms with Crippen LogP contribution in [0.4, 0.5) is 0 Å². The van der Waals surface area contributed by atoms with Gasteiger partial charge in [-0.1, -0.05) is 6.92 Å². The van der Waals surface area contributed by atoms with Crippen molar-refractivity contribution >= 4 is 16.9 Å². The lowest BCUT2D eigenvalue weighted by Crippen LogP contribution is -1.99. The van der Waals surface area contributed by atoms with Gasteiger partial charge >= 0.3 is 5.97 Å². The number of rotatable bonds is 5. The van der Waals surface area contributed by atoms with Gasteiger partial charge in [-0.25, -0.2) is 4.79 Å². The van der Waals surface area contributed by atoms with E-state index in [-0.39, 0.29) is 18.5 Å². The number of carbonyl (C=O) groups is 1. The van der Waals surface area contributed by atoms with Gasteiger partial charge in [-0.3, -0.25) is 0 Å². The first kappa shape index (κ1) is 13.6. The van der Waals surface area contributed by atoms with Gasteiger partial charge in [-0.05, 0) is 37.1 Å². The fourth-order valence-corrected chi connectivity index (χ4v) is 2.21. The lowest BCUT2D eigenvalue weighted by Gasteiger charge is -2.08. The molecule has 0 aliphatic rings. The summed E-state index contributed by atoms with van der Waals surface area (Å²) in [6.07, 6.45) is 1.59. The van der Waals surface area contributed by atoms with Crippen LogP contribution in [-0.4, -0.2) is 24.8 Å². The van der Waals surface area contributed by atoms with Gasteiger partial charge in [0.05, 0.1) is 12.7 Å². The molecule has 0 radical (unpaired) electrons. The third-order valence-electron chi connectivity index (χ3n) is 3.33. The molecule has 4 nitrogen and oxygen atoms in total. The summed E-state index contributed by atoms with van der Waals surface area (Å²) in [4.78, 5) is 11.5. The topological polar surface area (TPSA) is 59.7 Å². The standard InChI is InChI=1S/C15H18O4/c1-3-10(6-7-16)14-9-12-8-11(15(17)18-2)4-5-13(12)19-14/h4-5,8-10,16H,3,6-7H2,1-2H3. The lowest BCUT2D eigenvalue weighted by molar-refractivity contribution is 0.0601. The summed E-state index contributed by atoms with van der Waals surface area (Å²) in [6.45, 7) is 2.20. The van der Waals surface area contributed by atoms with Gasteiger partial charge in [0.1, 0.15) is 11.3 Å². The minimum atomic E-state index is -0.355. The van der Waals surface area contributed by atoms with E-state index in [9.17, 15) is 4.79 Å². The molecule has 0 aliphatic heterocycles. The normalized spacial score (nSPS) is 12.6. The van der Waals surface area contributed by atoms with Gasteiger partial charge in [-0.15, -0.1) is 0 Å². The minimum absolute atomic E-state index is 0.142. The average Bonchev–Trinajstić information content (AvgIpc) is 2.86. The Labute approximate surface area is 112 Å². The number of aliphatic hydroxyl groups is 1. The van der Waals surface area contributed by atoms with Crippen LogP contribution in [0.5, 0.6) is 0 Å². The highest BCUT2D eigenvalue weighted by molar-refractivity contribution is 5.94. The first-order valence-corrected chi connectivity index (χ1v) is 6.42. The van der Waals surface area contributed by atoms with Crippen LogP contribution in [0, 0.1) is 0 Å². The highest BCUT2D eigenvalue weighted by Gasteiger charge is 2.15. The summed E-state index contributed by atoms with van der Waals surface area (Å²) in [6, 6.07) is 7.16. The molecule has 1 heterocycles. The van der Waals surface area contributed by atoms with E-state index >= 15 is 0 Å². The second-order valence-electron chi connectivity index (χ2n) is 4.51. The summed E-state index contributed by atoms with van der Waals surface area (Å²) >= 11 is 0. The van der Waals surface area contributed by atoms with Crippen LogP contribution in [0.25, 0.3) is 11.0 Å². The SMILES string of the molecule is CCC(CCO)c1cc2cc(C(=O)OC)ccc2o1. The molecule has 1 aromatic heterocycles. The molecule has 2 rings (SSSR count). The Morgan fingerprint density at radius 2 is 2.21 bits per heavy atom. The number of esters is 1. The highest BCUT2D eigenvalue weighted by atomic mass is 16.5. The largest absolute Gasteiger partial charge is 0.465 e. The average molecular weight is 262 g/mol. The van der Waals surface area contributed by atoms with Crippen molar-refractivity contribution in [1.82, 2.24) is 0 Å². The van der Waals surface area contributed by atoms with Crippen LogP contribution in [0.1, 0.15) is 41.8 Å². The number of aliphatic hydroxyl groups excluding tert-OH is 1. The minimum Gasteiger partial charge on any atom is -0.465 e. The summed E-state index contributed by atoms with van der Waals surface area (Å²) < 4.78 is 10.5. The molecule has 0 saturated carbocycles. The van der Waals surface area contributed by atoms with Gasteiger partial charge in [0.25, 0.3) is 0 Å². The third-order valence-corrected chi connectivity index (χ3v) is 3.33. The predicted octanol–water partition coefficient (Wildman–Crippen LogP) is 3.10. The Balaban J connectivity index is 2.37. The van der Waals surface area contributed by atoms with Crippen molar-refractivity contribution < 1.29 is 19.1 Å². The molecule has 4 heteroatoms. The van der Waals surface area contributed by atoms with Crippen LogP contribution >= 0.6 is 0 Å². The zero-order valence-corrected chi connectivity index (χ0v) is 11.2. The molecular formula is C15H18O4. The van der Waals surface area contributed by atoms with Gasteiger partial charge < -0.3 is 14.3 Å². The van der Waals surface area contributed by atoms with Crippen LogP contribution < -0.4 is 0 Å². The van der Waals surface area contributed by atoms with Crippen molar-refractivity contribution in [1.29, 1.82) is 0 Å². The summed E-state index contributed by atoms with van der Waals surface area (Å²) in [5.41, 5.74) is 1.26. The molecule has 0 bridgehead atoms. The van der Waals surface area contributed by atoms with Gasteiger partial charge in [0.2, 0.25) is 0 Å². The maximum absolute atomic E-state index is 11.5. The zero-order chi connectivity index (χ0) is 13.8. The maximum atomic E-state index is 11.5. The van der Waals surface area contributed by atoms with Crippen molar-refractivity contribution in [3.63, 3.8) is 0 Å². The summed E-state index contributed by atoms with van der Waals surface area (Å²) in [5, 5.41) is 9.93. The molecule has 1 aromatic carbocycles. The van der Waals surface area contributed by atoms with Gasteiger partial charge in [0.15, 0.2) is 0 Å². The first-order chi connectivity index (χ1) is 9.19. The highest BCUT2D eigenvalue weighted by Crippen LogP contribution is 2.29. The summed E-state index contributed by atoms with van der Waals surface area (Å²) in [7, 11) is 1.36. The molecule has 0 spiro atoms. The Morgan fingerprint density at radius 3 is 2.84 bits per heavy atom. The van der Waals surface area contributed by atoms with Crippen molar-refractivity contribution in [2.45, 2.75) is 25.7 Å². The Morgan fingerprint density at radius 1 is 1.42 bits per heavy atom. The van der Waals surface area contributed by atoms with Crippen LogP contribution in [0.15, 0.2) is 28.7 Å². The zero-order valence-electron chi connectivity index (χ0n) is 11.2. The number of carbonyl (C=O) groups excluding carboxylic acids is 1. The molecule has 102 valence electrons. The van der Waals surface area contributed by atoms with E-state index in [4.69, 9.17) is 14.3 Å². The molecule has 0 fully saturated rings.